The number of hydrogen-bond acceptors (Lipinski definition) is 4. The van der Waals surface area contributed by atoms with Crippen LogP contribution in [0, 0.1) is 18.3 Å². The predicted molar refractivity (Wildman–Crippen MR) is 92.1 cm³/mol. The highest BCUT2D eigenvalue weighted by atomic mass is 16.2. The molecule has 4 N–H and O–H groups in total. The summed E-state index contributed by atoms with van der Waals surface area (Å²) in [4.78, 5) is 23.6. The molecular weight excluding hydrogens is 304 g/mol. The monoisotopic (exact) mass is 320 g/mol. The van der Waals surface area contributed by atoms with Gasteiger partial charge in [-0.3, -0.25) is 9.59 Å². The fourth-order valence-electron chi connectivity index (χ4n) is 2.03. The van der Waals surface area contributed by atoms with Crippen molar-refractivity contribution in [2.24, 2.45) is 5.73 Å². The van der Waals surface area contributed by atoms with Gasteiger partial charge in [0.15, 0.2) is 0 Å². The first kappa shape index (κ1) is 16.8. The SMILES string of the molecule is Cc1ccccc1NC(=O)/C(C#N)=C\Nc1ccccc1C(N)=O. The number of anilines is 2. The van der Waals surface area contributed by atoms with Crippen LogP contribution in [-0.4, -0.2) is 11.8 Å². The third-order valence-electron chi connectivity index (χ3n) is 3.32. The van der Waals surface area contributed by atoms with Crippen LogP contribution >= 0.6 is 0 Å². The zero-order valence-corrected chi connectivity index (χ0v) is 13.0. The summed E-state index contributed by atoms with van der Waals surface area (Å²) < 4.78 is 0. The molecule has 0 aliphatic heterocycles. The molecule has 0 unspecified atom stereocenters. The fraction of sp³-hybridized carbons (Fsp3) is 0.0556. The number of carbonyl (C=O) groups is 2. The van der Waals surface area contributed by atoms with E-state index in [1.165, 1.54) is 6.20 Å². The number of nitriles is 1. The molecule has 0 saturated heterocycles. The van der Waals surface area contributed by atoms with E-state index >= 15 is 0 Å². The van der Waals surface area contributed by atoms with Crippen LogP contribution in [0.15, 0.2) is 60.3 Å². The first-order chi connectivity index (χ1) is 11.5. The molecule has 2 amide bonds. The Labute approximate surface area is 139 Å². The van der Waals surface area contributed by atoms with Gasteiger partial charge in [-0.05, 0) is 30.7 Å². The van der Waals surface area contributed by atoms with Crippen molar-refractivity contribution in [3.8, 4) is 6.07 Å². The van der Waals surface area contributed by atoms with Gasteiger partial charge in [-0.15, -0.1) is 0 Å². The summed E-state index contributed by atoms with van der Waals surface area (Å²) >= 11 is 0. The van der Waals surface area contributed by atoms with Gasteiger partial charge in [-0.25, -0.2) is 0 Å². The minimum Gasteiger partial charge on any atom is -0.366 e. The number of rotatable bonds is 5. The average Bonchev–Trinajstić information content (AvgIpc) is 2.57. The topological polar surface area (TPSA) is 108 Å². The van der Waals surface area contributed by atoms with Gasteiger partial charge in [0.2, 0.25) is 0 Å². The van der Waals surface area contributed by atoms with Gasteiger partial charge < -0.3 is 16.4 Å². The highest BCUT2D eigenvalue weighted by Gasteiger charge is 2.11. The van der Waals surface area contributed by atoms with Crippen molar-refractivity contribution in [2.75, 3.05) is 10.6 Å². The standard InChI is InChI=1S/C18H16N4O2/c1-12-6-2-4-8-15(12)22-18(24)13(10-19)11-21-16-9-5-3-7-14(16)17(20)23/h2-9,11,21H,1H3,(H2,20,23)(H,22,24)/b13-11-. The molecule has 0 saturated carbocycles. The van der Waals surface area contributed by atoms with Crippen molar-refractivity contribution in [1.29, 1.82) is 5.26 Å². The van der Waals surface area contributed by atoms with Crippen LogP contribution in [0.1, 0.15) is 15.9 Å². The Morgan fingerprint density at radius 2 is 1.71 bits per heavy atom. The number of aryl methyl sites for hydroxylation is 1. The van der Waals surface area contributed by atoms with E-state index in [1.54, 1.807) is 36.4 Å². The highest BCUT2D eigenvalue weighted by Crippen LogP contribution is 2.16. The van der Waals surface area contributed by atoms with E-state index < -0.39 is 11.8 Å². The minimum absolute atomic E-state index is 0.127. The van der Waals surface area contributed by atoms with E-state index in [0.29, 0.717) is 11.4 Å². The van der Waals surface area contributed by atoms with Gasteiger partial charge in [-0.1, -0.05) is 30.3 Å². The third-order valence-corrected chi connectivity index (χ3v) is 3.32. The number of nitrogens with two attached hydrogens (primary N) is 1. The van der Waals surface area contributed by atoms with E-state index in [1.807, 2.05) is 25.1 Å². The summed E-state index contributed by atoms with van der Waals surface area (Å²) in [6.07, 6.45) is 1.25. The normalized spacial score (nSPS) is 10.6. The van der Waals surface area contributed by atoms with Gasteiger partial charge in [-0.2, -0.15) is 5.26 Å². The van der Waals surface area contributed by atoms with E-state index in [0.717, 1.165) is 5.56 Å². The van der Waals surface area contributed by atoms with Crippen molar-refractivity contribution >= 4 is 23.2 Å². The molecule has 2 rings (SSSR count). The lowest BCUT2D eigenvalue weighted by Gasteiger charge is -2.09. The number of nitrogens with zero attached hydrogens (tertiary/aromatic N) is 1. The first-order valence-electron chi connectivity index (χ1n) is 7.15. The Kier molecular flexibility index (Phi) is 5.32. The van der Waals surface area contributed by atoms with Crippen LogP contribution in [0.2, 0.25) is 0 Å². The van der Waals surface area contributed by atoms with Crippen LogP contribution in [0.3, 0.4) is 0 Å². The van der Waals surface area contributed by atoms with Crippen LogP contribution in [-0.2, 0) is 4.79 Å². The zero-order valence-electron chi connectivity index (χ0n) is 13.0. The summed E-state index contributed by atoms with van der Waals surface area (Å²) in [6.45, 7) is 1.85. The zero-order chi connectivity index (χ0) is 17.5. The largest absolute Gasteiger partial charge is 0.366 e. The Bertz CT molecular complexity index is 850. The first-order valence-corrected chi connectivity index (χ1v) is 7.15. The molecule has 2 aromatic carbocycles. The maximum Gasteiger partial charge on any atom is 0.267 e. The molecule has 0 spiro atoms. The number of para-hydroxylation sites is 2. The lowest BCUT2D eigenvalue weighted by molar-refractivity contribution is -0.112. The van der Waals surface area contributed by atoms with E-state index in [9.17, 15) is 14.9 Å². The van der Waals surface area contributed by atoms with Gasteiger partial charge in [0.25, 0.3) is 11.8 Å². The van der Waals surface area contributed by atoms with Gasteiger partial charge in [0.05, 0.1) is 11.3 Å². The Morgan fingerprint density at radius 1 is 1.08 bits per heavy atom. The molecule has 24 heavy (non-hydrogen) atoms. The summed E-state index contributed by atoms with van der Waals surface area (Å²) in [5, 5.41) is 14.6. The van der Waals surface area contributed by atoms with Gasteiger partial charge in [0, 0.05) is 11.9 Å². The molecule has 0 atom stereocenters. The Hall–Kier alpha value is -3.59. The highest BCUT2D eigenvalue weighted by molar-refractivity contribution is 6.07. The van der Waals surface area contributed by atoms with E-state index in [4.69, 9.17) is 5.73 Å². The Balaban J connectivity index is 2.18. The molecule has 0 bridgehead atoms. The minimum atomic E-state index is -0.602. The average molecular weight is 320 g/mol. The van der Waals surface area contributed by atoms with Gasteiger partial charge >= 0.3 is 0 Å². The van der Waals surface area contributed by atoms with E-state index in [2.05, 4.69) is 10.6 Å². The van der Waals surface area contributed by atoms with Crippen molar-refractivity contribution < 1.29 is 9.59 Å². The van der Waals surface area contributed by atoms with Crippen LogP contribution in [0.4, 0.5) is 11.4 Å². The third kappa shape index (κ3) is 3.99. The van der Waals surface area contributed by atoms with Crippen molar-refractivity contribution in [2.45, 2.75) is 6.92 Å². The van der Waals surface area contributed by atoms with Crippen molar-refractivity contribution in [3.63, 3.8) is 0 Å². The number of primary amides is 1. The molecule has 0 radical (unpaired) electrons. The number of nitrogens with one attached hydrogen (secondary N) is 2. The molecule has 6 heteroatoms. The predicted octanol–water partition coefficient (Wildman–Crippen LogP) is 2.55. The molecule has 6 nitrogen and oxygen atoms in total. The maximum absolute atomic E-state index is 12.2. The second-order valence-electron chi connectivity index (χ2n) is 4.99. The molecule has 0 aromatic heterocycles. The molecule has 120 valence electrons. The van der Waals surface area contributed by atoms with Gasteiger partial charge in [0.1, 0.15) is 11.6 Å². The molecule has 2 aromatic rings. The van der Waals surface area contributed by atoms with E-state index in [-0.39, 0.29) is 11.1 Å². The van der Waals surface area contributed by atoms with Crippen LogP contribution in [0.25, 0.3) is 0 Å². The lowest BCUT2D eigenvalue weighted by atomic mass is 10.1. The van der Waals surface area contributed by atoms with Crippen LogP contribution in [0.5, 0.6) is 0 Å². The molecular formula is C18H16N4O2. The Morgan fingerprint density at radius 3 is 2.33 bits per heavy atom. The number of hydrogen-bond donors (Lipinski definition) is 3. The molecule has 0 aliphatic rings. The summed E-state index contributed by atoms with van der Waals surface area (Å²) in [5.74, 6) is -1.15. The smallest absolute Gasteiger partial charge is 0.267 e. The molecule has 0 aliphatic carbocycles. The molecule has 0 heterocycles. The van der Waals surface area contributed by atoms with Crippen molar-refractivity contribution in [3.05, 3.63) is 71.4 Å². The maximum atomic E-state index is 12.2. The lowest BCUT2D eigenvalue weighted by Crippen LogP contribution is -2.16. The summed E-state index contributed by atoms with van der Waals surface area (Å²) in [7, 11) is 0. The number of amides is 2. The second-order valence-corrected chi connectivity index (χ2v) is 4.99. The summed E-state index contributed by atoms with van der Waals surface area (Å²) in [6, 6.07) is 15.6. The molecule has 0 fully saturated rings. The quantitative estimate of drug-likeness (QED) is 0.581. The second kappa shape index (κ2) is 7.61. The van der Waals surface area contributed by atoms with Crippen LogP contribution < -0.4 is 16.4 Å². The number of benzene rings is 2. The summed E-state index contributed by atoms with van der Waals surface area (Å²) in [5.41, 5.74) is 7.36. The number of carbonyl (C=O) groups excluding carboxylic acids is 2. The van der Waals surface area contributed by atoms with Crippen molar-refractivity contribution in [1.82, 2.24) is 0 Å². The fourth-order valence-corrected chi connectivity index (χ4v) is 2.03.